The van der Waals surface area contributed by atoms with Crippen LogP contribution in [0.1, 0.15) is 36.9 Å². The third-order valence-corrected chi connectivity index (χ3v) is 7.85. The first-order chi connectivity index (χ1) is 9.85. The lowest BCUT2D eigenvalue weighted by Crippen LogP contribution is -2.51. The van der Waals surface area contributed by atoms with Gasteiger partial charge in [-0.1, -0.05) is 13.0 Å². The lowest BCUT2D eigenvalue weighted by atomic mass is 9.92. The topological polar surface area (TPSA) is 50.9 Å². The molecule has 1 aliphatic carbocycles. The Kier molecular flexibility index (Phi) is 4.91. The molecule has 3 nitrogen and oxygen atoms in total. The molecule has 0 aromatic carbocycles. The predicted molar refractivity (Wildman–Crippen MR) is 89.2 cm³/mol. The number of pyridine rings is 1. The Bertz CT molecular complexity index is 454. The smallest absolute Gasteiger partial charge is 0.0483 e. The molecule has 1 aromatic heterocycles. The Morgan fingerprint density at radius 2 is 2.30 bits per heavy atom. The van der Waals surface area contributed by atoms with Crippen molar-refractivity contribution in [3.8, 4) is 0 Å². The second kappa shape index (κ2) is 6.69. The largest absolute Gasteiger partial charge is 0.271 e. The number of rotatable bonds is 4. The normalized spacial score (nSPS) is 31.0. The van der Waals surface area contributed by atoms with Gasteiger partial charge in [0, 0.05) is 45.9 Å². The fourth-order valence-electron chi connectivity index (χ4n) is 3.50. The molecule has 5 heteroatoms. The summed E-state index contributed by atoms with van der Waals surface area (Å²) in [5, 5.41) is 1.31. The molecule has 0 radical (unpaired) electrons. The first-order valence-corrected chi connectivity index (χ1v) is 9.58. The Labute approximate surface area is 129 Å². The predicted octanol–water partition coefficient (Wildman–Crippen LogP) is 2.57. The lowest BCUT2D eigenvalue weighted by Gasteiger charge is -2.38. The number of nitrogens with two attached hydrogens (primary N) is 1. The second-order valence-corrected chi connectivity index (χ2v) is 8.17. The van der Waals surface area contributed by atoms with Crippen LogP contribution in [0.2, 0.25) is 0 Å². The maximum Gasteiger partial charge on any atom is 0.0483 e. The maximum absolute atomic E-state index is 5.96. The van der Waals surface area contributed by atoms with Crippen LogP contribution in [0, 0.1) is 0 Å². The monoisotopic (exact) mass is 309 g/mol. The molecule has 4 atom stereocenters. The van der Waals surface area contributed by atoms with Crippen molar-refractivity contribution in [2.45, 2.75) is 48.6 Å². The fraction of sp³-hybridized carbons (Fsp3) is 0.667. The van der Waals surface area contributed by atoms with Crippen molar-refractivity contribution in [1.82, 2.24) is 10.4 Å². The molecule has 3 rings (SSSR count). The van der Waals surface area contributed by atoms with Crippen molar-refractivity contribution in [2.24, 2.45) is 5.84 Å². The van der Waals surface area contributed by atoms with E-state index in [1.165, 1.54) is 35.6 Å². The number of hydrazine groups is 1. The van der Waals surface area contributed by atoms with Crippen LogP contribution in [0.5, 0.6) is 0 Å². The highest BCUT2D eigenvalue weighted by Gasteiger charge is 2.39. The van der Waals surface area contributed by atoms with Gasteiger partial charge in [0.05, 0.1) is 0 Å². The number of thioether (sulfide) groups is 2. The first-order valence-electron chi connectivity index (χ1n) is 7.48. The van der Waals surface area contributed by atoms with Crippen LogP contribution < -0.4 is 11.3 Å². The SMILES string of the molecule is CCC1SCCSC1C(NN)C1CCc2cccnc21. The Morgan fingerprint density at radius 3 is 3.10 bits per heavy atom. The highest BCUT2D eigenvalue weighted by atomic mass is 32.2. The quantitative estimate of drug-likeness (QED) is 0.661. The van der Waals surface area contributed by atoms with Crippen LogP contribution in [0.3, 0.4) is 0 Å². The van der Waals surface area contributed by atoms with Gasteiger partial charge in [-0.3, -0.25) is 16.3 Å². The number of nitrogens with one attached hydrogen (secondary N) is 1. The van der Waals surface area contributed by atoms with E-state index in [9.17, 15) is 0 Å². The molecule has 4 unspecified atom stereocenters. The van der Waals surface area contributed by atoms with Gasteiger partial charge in [0.25, 0.3) is 0 Å². The number of aromatic nitrogens is 1. The van der Waals surface area contributed by atoms with E-state index in [1.807, 2.05) is 12.3 Å². The zero-order valence-corrected chi connectivity index (χ0v) is 13.6. The van der Waals surface area contributed by atoms with E-state index in [0.717, 1.165) is 6.42 Å². The highest BCUT2D eigenvalue weighted by Crippen LogP contribution is 2.42. The molecule has 1 fully saturated rings. The van der Waals surface area contributed by atoms with E-state index in [1.54, 1.807) is 0 Å². The van der Waals surface area contributed by atoms with Crippen molar-refractivity contribution in [3.05, 3.63) is 29.6 Å². The third kappa shape index (κ3) is 2.73. The van der Waals surface area contributed by atoms with E-state index >= 15 is 0 Å². The van der Waals surface area contributed by atoms with Gasteiger partial charge in [-0.15, -0.1) is 0 Å². The van der Waals surface area contributed by atoms with Gasteiger partial charge in [-0.2, -0.15) is 23.5 Å². The van der Waals surface area contributed by atoms with Gasteiger partial charge >= 0.3 is 0 Å². The minimum atomic E-state index is 0.342. The van der Waals surface area contributed by atoms with Crippen molar-refractivity contribution >= 4 is 23.5 Å². The summed E-state index contributed by atoms with van der Waals surface area (Å²) >= 11 is 4.22. The van der Waals surface area contributed by atoms with Gasteiger partial charge in [0.2, 0.25) is 0 Å². The van der Waals surface area contributed by atoms with Gasteiger partial charge in [-0.05, 0) is 30.9 Å². The van der Waals surface area contributed by atoms with Crippen LogP contribution in [0.25, 0.3) is 0 Å². The van der Waals surface area contributed by atoms with Crippen LogP contribution >= 0.6 is 23.5 Å². The summed E-state index contributed by atoms with van der Waals surface area (Å²) in [5.74, 6) is 8.95. The molecule has 20 heavy (non-hydrogen) atoms. The number of hydrogen-bond donors (Lipinski definition) is 2. The van der Waals surface area contributed by atoms with Crippen molar-refractivity contribution < 1.29 is 0 Å². The number of aryl methyl sites for hydroxylation is 1. The Hall–Kier alpha value is -0.230. The summed E-state index contributed by atoms with van der Waals surface area (Å²) in [6.45, 7) is 2.30. The summed E-state index contributed by atoms with van der Waals surface area (Å²) in [6, 6.07) is 4.61. The molecule has 110 valence electrons. The van der Waals surface area contributed by atoms with Gasteiger partial charge in [-0.25, -0.2) is 0 Å². The molecular formula is C15H23N3S2. The average molecular weight is 310 g/mol. The molecule has 2 heterocycles. The standard InChI is InChI=1S/C15H23N3S2/c1-2-12-15(20-9-8-19-12)14(18-16)11-6-5-10-4-3-7-17-13(10)11/h3-4,7,11-12,14-15,18H,2,5-6,8-9,16H2,1H3. The van der Waals surface area contributed by atoms with Crippen LogP contribution in [-0.4, -0.2) is 33.0 Å². The Morgan fingerprint density at radius 1 is 1.45 bits per heavy atom. The summed E-state index contributed by atoms with van der Waals surface area (Å²) in [4.78, 5) is 4.64. The van der Waals surface area contributed by atoms with E-state index in [4.69, 9.17) is 5.84 Å². The van der Waals surface area contributed by atoms with Crippen molar-refractivity contribution in [2.75, 3.05) is 11.5 Å². The molecule has 0 saturated carbocycles. The summed E-state index contributed by atoms with van der Waals surface area (Å²) in [5.41, 5.74) is 5.84. The van der Waals surface area contributed by atoms with E-state index in [2.05, 4.69) is 46.9 Å². The van der Waals surface area contributed by atoms with Gasteiger partial charge in [0.15, 0.2) is 0 Å². The van der Waals surface area contributed by atoms with Crippen molar-refractivity contribution in [1.29, 1.82) is 0 Å². The summed E-state index contributed by atoms with van der Waals surface area (Å²) < 4.78 is 0. The molecule has 1 aliphatic heterocycles. The minimum Gasteiger partial charge on any atom is -0.271 e. The molecule has 2 aliphatic rings. The number of nitrogens with zero attached hydrogens (tertiary/aromatic N) is 1. The zero-order valence-electron chi connectivity index (χ0n) is 11.9. The molecule has 0 bridgehead atoms. The minimum absolute atomic E-state index is 0.342. The first kappa shape index (κ1) is 14.7. The molecule has 0 spiro atoms. The molecule has 3 N–H and O–H groups in total. The zero-order chi connectivity index (χ0) is 13.9. The third-order valence-electron chi connectivity index (χ3n) is 4.48. The Balaban J connectivity index is 1.83. The lowest BCUT2D eigenvalue weighted by molar-refractivity contribution is 0.410. The second-order valence-electron chi connectivity index (χ2n) is 5.54. The van der Waals surface area contributed by atoms with E-state index in [-0.39, 0.29) is 0 Å². The summed E-state index contributed by atoms with van der Waals surface area (Å²) in [7, 11) is 0. The number of fused-ring (bicyclic) bond motifs is 1. The van der Waals surface area contributed by atoms with Crippen LogP contribution in [-0.2, 0) is 6.42 Å². The fourth-order valence-corrected chi connectivity index (χ4v) is 6.80. The summed E-state index contributed by atoms with van der Waals surface area (Å²) in [6.07, 6.45) is 5.47. The highest BCUT2D eigenvalue weighted by molar-refractivity contribution is 8.07. The maximum atomic E-state index is 5.96. The van der Waals surface area contributed by atoms with Gasteiger partial charge < -0.3 is 0 Å². The van der Waals surface area contributed by atoms with E-state index < -0.39 is 0 Å². The molecule has 1 saturated heterocycles. The van der Waals surface area contributed by atoms with Crippen LogP contribution in [0.4, 0.5) is 0 Å². The van der Waals surface area contributed by atoms with Gasteiger partial charge in [0.1, 0.15) is 0 Å². The molecular weight excluding hydrogens is 286 g/mol. The average Bonchev–Trinajstić information content (AvgIpc) is 2.93. The number of hydrogen-bond acceptors (Lipinski definition) is 5. The van der Waals surface area contributed by atoms with Crippen molar-refractivity contribution in [3.63, 3.8) is 0 Å². The van der Waals surface area contributed by atoms with Crippen LogP contribution in [0.15, 0.2) is 18.3 Å². The molecule has 0 amide bonds. The molecule has 1 aromatic rings. The van der Waals surface area contributed by atoms with E-state index in [0.29, 0.717) is 22.5 Å².